The van der Waals surface area contributed by atoms with E-state index in [1.807, 2.05) is 24.6 Å². The number of nitrogens with zero attached hydrogens (tertiary/aromatic N) is 3. The molecule has 0 aliphatic rings. The van der Waals surface area contributed by atoms with Crippen molar-refractivity contribution >= 4 is 28.8 Å². The number of pyridine rings is 1. The summed E-state index contributed by atoms with van der Waals surface area (Å²) in [7, 11) is 1.90. The van der Waals surface area contributed by atoms with Gasteiger partial charge in [-0.1, -0.05) is 18.7 Å². The number of aromatic nitrogens is 3. The minimum atomic E-state index is -0.813. The average molecular weight is 251 g/mol. The van der Waals surface area contributed by atoms with E-state index < -0.39 is 11.2 Å². The van der Waals surface area contributed by atoms with E-state index in [1.165, 1.54) is 11.8 Å². The minimum absolute atomic E-state index is 0.477. The second kappa shape index (κ2) is 4.75. The highest BCUT2D eigenvalue weighted by Crippen LogP contribution is 2.29. The van der Waals surface area contributed by atoms with Gasteiger partial charge in [0.1, 0.15) is 15.8 Å². The maximum atomic E-state index is 11.0. The van der Waals surface area contributed by atoms with Crippen LogP contribution in [0.15, 0.2) is 23.6 Å². The Balaban J connectivity index is 2.38. The Hall–Kier alpha value is -1.56. The molecule has 2 aromatic rings. The number of carboxylic acid groups (broad SMARTS) is 1. The van der Waals surface area contributed by atoms with Crippen LogP contribution in [0.5, 0.6) is 0 Å². The van der Waals surface area contributed by atoms with E-state index in [-0.39, 0.29) is 0 Å². The number of aryl methyl sites for hydroxylation is 1. The molecule has 1 unspecified atom stereocenters. The molecular weight excluding hydrogens is 238 g/mol. The van der Waals surface area contributed by atoms with Gasteiger partial charge in [-0.15, -0.1) is 0 Å². The molecule has 0 radical (unpaired) electrons. The van der Waals surface area contributed by atoms with E-state index >= 15 is 0 Å². The number of rotatable bonds is 4. The number of carboxylic acids is 1. The first-order chi connectivity index (χ1) is 8.13. The maximum Gasteiger partial charge on any atom is 0.317 e. The highest BCUT2D eigenvalue weighted by molar-refractivity contribution is 8.00. The number of hydrogen-bond donors (Lipinski definition) is 1. The number of aliphatic carboxylic acids is 1. The molecule has 1 atom stereocenters. The van der Waals surface area contributed by atoms with Gasteiger partial charge in [0.05, 0.1) is 11.8 Å². The molecule has 0 aromatic carbocycles. The zero-order valence-electron chi connectivity index (χ0n) is 9.62. The first-order valence-electron chi connectivity index (χ1n) is 5.29. The largest absolute Gasteiger partial charge is 0.480 e. The second-order valence-corrected chi connectivity index (χ2v) is 4.88. The predicted octanol–water partition coefficient (Wildman–Crippen LogP) is 1.92. The lowest BCUT2D eigenvalue weighted by Crippen LogP contribution is -2.15. The average Bonchev–Trinajstić information content (AvgIpc) is 2.69. The fourth-order valence-electron chi connectivity index (χ4n) is 1.57. The Morgan fingerprint density at radius 1 is 1.59 bits per heavy atom. The van der Waals surface area contributed by atoms with Crippen molar-refractivity contribution < 1.29 is 9.90 Å². The second-order valence-electron chi connectivity index (χ2n) is 3.69. The Bertz CT molecular complexity index is 553. The molecule has 90 valence electrons. The van der Waals surface area contributed by atoms with Gasteiger partial charge >= 0.3 is 5.97 Å². The predicted molar refractivity (Wildman–Crippen MR) is 66.1 cm³/mol. The van der Waals surface area contributed by atoms with Crippen LogP contribution in [-0.2, 0) is 11.8 Å². The van der Waals surface area contributed by atoms with Crippen LogP contribution in [-0.4, -0.2) is 30.9 Å². The summed E-state index contributed by atoms with van der Waals surface area (Å²) in [6, 6.07) is 1.87. The van der Waals surface area contributed by atoms with E-state index in [9.17, 15) is 4.79 Å². The lowest BCUT2D eigenvalue weighted by atomic mass is 10.3. The molecular formula is C11H13N3O2S. The standard InChI is InChI=1S/C11H13N3O2S/c1-3-8(11(15)16)17-10-9-7(4-5-12-10)14(2)6-13-9/h4-6,8H,3H2,1-2H3,(H,15,16). The Labute approximate surface area is 103 Å². The Morgan fingerprint density at radius 2 is 2.35 bits per heavy atom. The molecule has 0 saturated heterocycles. The van der Waals surface area contributed by atoms with Crippen molar-refractivity contribution in [1.82, 2.24) is 14.5 Å². The molecule has 2 aromatic heterocycles. The van der Waals surface area contributed by atoms with Crippen LogP contribution < -0.4 is 0 Å². The van der Waals surface area contributed by atoms with Crippen molar-refractivity contribution in [2.24, 2.45) is 7.05 Å². The fraction of sp³-hybridized carbons (Fsp3) is 0.364. The third-order valence-electron chi connectivity index (χ3n) is 2.51. The molecule has 0 amide bonds. The van der Waals surface area contributed by atoms with Crippen molar-refractivity contribution in [2.45, 2.75) is 23.6 Å². The van der Waals surface area contributed by atoms with Crippen LogP contribution in [0.25, 0.3) is 11.0 Å². The van der Waals surface area contributed by atoms with Crippen LogP contribution in [0.3, 0.4) is 0 Å². The van der Waals surface area contributed by atoms with Gasteiger partial charge in [0, 0.05) is 13.2 Å². The van der Waals surface area contributed by atoms with Crippen LogP contribution >= 0.6 is 11.8 Å². The van der Waals surface area contributed by atoms with Crippen molar-refractivity contribution in [3.05, 3.63) is 18.6 Å². The Morgan fingerprint density at radius 3 is 3.00 bits per heavy atom. The first kappa shape index (κ1) is 11.9. The minimum Gasteiger partial charge on any atom is -0.480 e. The molecule has 17 heavy (non-hydrogen) atoms. The summed E-state index contributed by atoms with van der Waals surface area (Å²) < 4.78 is 1.89. The van der Waals surface area contributed by atoms with E-state index in [2.05, 4.69) is 9.97 Å². The van der Waals surface area contributed by atoms with E-state index in [0.717, 1.165) is 11.0 Å². The quantitative estimate of drug-likeness (QED) is 0.841. The summed E-state index contributed by atoms with van der Waals surface area (Å²) in [5.41, 5.74) is 1.72. The van der Waals surface area contributed by atoms with Crippen molar-refractivity contribution in [1.29, 1.82) is 0 Å². The van der Waals surface area contributed by atoms with Crippen LogP contribution in [0, 0.1) is 0 Å². The normalized spacial score (nSPS) is 12.8. The smallest absolute Gasteiger partial charge is 0.317 e. The van der Waals surface area contributed by atoms with E-state index in [0.29, 0.717) is 11.4 Å². The van der Waals surface area contributed by atoms with Gasteiger partial charge < -0.3 is 9.67 Å². The number of carbonyl (C=O) groups is 1. The molecule has 0 bridgehead atoms. The van der Waals surface area contributed by atoms with Gasteiger partial charge in [-0.2, -0.15) is 0 Å². The van der Waals surface area contributed by atoms with Gasteiger partial charge in [0.2, 0.25) is 0 Å². The van der Waals surface area contributed by atoms with Crippen molar-refractivity contribution in [3.8, 4) is 0 Å². The summed E-state index contributed by atoms with van der Waals surface area (Å²) in [6.45, 7) is 1.85. The third kappa shape index (κ3) is 2.26. The molecule has 0 aliphatic heterocycles. The monoisotopic (exact) mass is 251 g/mol. The molecule has 6 heteroatoms. The number of imidazole rings is 1. The molecule has 0 saturated carbocycles. The molecule has 2 heterocycles. The van der Waals surface area contributed by atoms with Gasteiger partial charge in [0.15, 0.2) is 0 Å². The van der Waals surface area contributed by atoms with E-state index in [4.69, 9.17) is 5.11 Å². The summed E-state index contributed by atoms with van der Waals surface area (Å²) >= 11 is 1.25. The Kier molecular flexibility index (Phi) is 3.33. The first-order valence-corrected chi connectivity index (χ1v) is 6.17. The number of fused-ring (bicyclic) bond motifs is 1. The zero-order valence-corrected chi connectivity index (χ0v) is 10.4. The van der Waals surface area contributed by atoms with Crippen molar-refractivity contribution in [2.75, 3.05) is 0 Å². The zero-order chi connectivity index (χ0) is 12.4. The van der Waals surface area contributed by atoms with Gasteiger partial charge in [-0.3, -0.25) is 4.79 Å². The van der Waals surface area contributed by atoms with E-state index in [1.54, 1.807) is 12.5 Å². The summed E-state index contributed by atoms with van der Waals surface area (Å²) in [5, 5.41) is 9.24. The highest BCUT2D eigenvalue weighted by atomic mass is 32.2. The summed E-state index contributed by atoms with van der Waals surface area (Å²) in [6.07, 6.45) is 3.95. The SMILES string of the molecule is CCC(Sc1nccc2c1ncn2C)C(=O)O. The van der Waals surface area contributed by atoms with Gasteiger partial charge in [-0.05, 0) is 12.5 Å². The highest BCUT2D eigenvalue weighted by Gasteiger charge is 2.19. The molecule has 0 fully saturated rings. The number of thioether (sulfide) groups is 1. The fourth-order valence-corrected chi connectivity index (χ4v) is 2.49. The molecule has 1 N–H and O–H groups in total. The lowest BCUT2D eigenvalue weighted by Gasteiger charge is -2.08. The van der Waals surface area contributed by atoms with Crippen molar-refractivity contribution in [3.63, 3.8) is 0 Å². The van der Waals surface area contributed by atoms with Gasteiger partial charge in [0.25, 0.3) is 0 Å². The molecule has 5 nitrogen and oxygen atoms in total. The lowest BCUT2D eigenvalue weighted by molar-refractivity contribution is -0.136. The summed E-state index contributed by atoms with van der Waals surface area (Å²) in [5.74, 6) is -0.813. The molecule has 0 spiro atoms. The molecule has 2 rings (SSSR count). The van der Waals surface area contributed by atoms with Crippen LogP contribution in [0.1, 0.15) is 13.3 Å². The molecule has 0 aliphatic carbocycles. The maximum absolute atomic E-state index is 11.0. The van der Waals surface area contributed by atoms with Crippen LogP contribution in [0.4, 0.5) is 0 Å². The van der Waals surface area contributed by atoms with Gasteiger partial charge in [-0.25, -0.2) is 9.97 Å². The topological polar surface area (TPSA) is 68.0 Å². The third-order valence-corrected chi connectivity index (χ3v) is 3.85. The van der Waals surface area contributed by atoms with Crippen LogP contribution in [0.2, 0.25) is 0 Å². The number of hydrogen-bond acceptors (Lipinski definition) is 4. The summed E-state index contributed by atoms with van der Waals surface area (Å²) in [4.78, 5) is 19.5.